The Bertz CT molecular complexity index is 689. The van der Waals surface area contributed by atoms with Gasteiger partial charge in [-0.1, -0.05) is 17.3 Å². The standard InChI is InChI=1S/C15H17N3O4/c1-10-14(11(2)22-16-10)8-15(19)17(3)9-12-5-4-6-13(7-12)18(20)21/h4-7H,8-9H2,1-3H3. The maximum absolute atomic E-state index is 12.3. The molecule has 0 aliphatic carbocycles. The van der Waals surface area contributed by atoms with E-state index in [1.54, 1.807) is 33.0 Å². The van der Waals surface area contributed by atoms with E-state index in [2.05, 4.69) is 5.16 Å². The topological polar surface area (TPSA) is 89.5 Å². The van der Waals surface area contributed by atoms with Gasteiger partial charge in [0.05, 0.1) is 17.0 Å². The maximum Gasteiger partial charge on any atom is 0.269 e. The van der Waals surface area contributed by atoms with Gasteiger partial charge in [-0.2, -0.15) is 0 Å². The number of nitrogens with zero attached hydrogens (tertiary/aromatic N) is 3. The van der Waals surface area contributed by atoms with Gasteiger partial charge >= 0.3 is 0 Å². The van der Waals surface area contributed by atoms with Gasteiger partial charge in [-0.25, -0.2) is 0 Å². The summed E-state index contributed by atoms with van der Waals surface area (Å²) in [6.07, 6.45) is 0.201. The molecule has 2 aromatic rings. The van der Waals surface area contributed by atoms with Crippen molar-refractivity contribution < 1.29 is 14.2 Å². The minimum Gasteiger partial charge on any atom is -0.361 e. The van der Waals surface area contributed by atoms with Crippen LogP contribution in [0.25, 0.3) is 0 Å². The largest absolute Gasteiger partial charge is 0.361 e. The molecule has 0 radical (unpaired) electrons. The van der Waals surface area contributed by atoms with E-state index in [0.29, 0.717) is 23.6 Å². The Morgan fingerprint density at radius 2 is 2.14 bits per heavy atom. The van der Waals surface area contributed by atoms with Crippen LogP contribution in [0.5, 0.6) is 0 Å². The van der Waals surface area contributed by atoms with Crippen LogP contribution < -0.4 is 0 Å². The number of hydrogen-bond acceptors (Lipinski definition) is 5. The lowest BCUT2D eigenvalue weighted by Crippen LogP contribution is -2.28. The van der Waals surface area contributed by atoms with Crippen molar-refractivity contribution in [3.63, 3.8) is 0 Å². The molecule has 0 saturated carbocycles. The molecule has 0 aliphatic rings. The molecule has 0 atom stereocenters. The summed E-state index contributed by atoms with van der Waals surface area (Å²) in [5.74, 6) is 0.538. The van der Waals surface area contributed by atoms with Crippen molar-refractivity contribution in [1.82, 2.24) is 10.1 Å². The second-order valence-corrected chi connectivity index (χ2v) is 5.16. The van der Waals surface area contributed by atoms with Gasteiger partial charge in [0, 0.05) is 31.3 Å². The number of nitro benzene ring substituents is 1. The van der Waals surface area contributed by atoms with E-state index in [4.69, 9.17) is 4.52 Å². The van der Waals surface area contributed by atoms with Gasteiger partial charge in [-0.3, -0.25) is 14.9 Å². The molecule has 1 aromatic heterocycles. The van der Waals surface area contributed by atoms with Crippen LogP contribution in [0, 0.1) is 24.0 Å². The van der Waals surface area contributed by atoms with Crippen molar-refractivity contribution in [2.75, 3.05) is 7.05 Å². The summed E-state index contributed by atoms with van der Waals surface area (Å²) in [6.45, 7) is 3.87. The first-order chi connectivity index (χ1) is 10.4. The lowest BCUT2D eigenvalue weighted by molar-refractivity contribution is -0.384. The molecule has 0 spiro atoms. The van der Waals surface area contributed by atoms with Gasteiger partial charge in [0.15, 0.2) is 0 Å². The molecule has 0 N–H and O–H groups in total. The van der Waals surface area contributed by atoms with Gasteiger partial charge < -0.3 is 9.42 Å². The van der Waals surface area contributed by atoms with Crippen LogP contribution in [0.4, 0.5) is 5.69 Å². The van der Waals surface area contributed by atoms with E-state index < -0.39 is 4.92 Å². The Hall–Kier alpha value is -2.70. The van der Waals surface area contributed by atoms with E-state index in [0.717, 1.165) is 5.56 Å². The van der Waals surface area contributed by atoms with E-state index in [1.807, 2.05) is 0 Å². The Labute approximate surface area is 127 Å². The highest BCUT2D eigenvalue weighted by molar-refractivity contribution is 5.79. The summed E-state index contributed by atoms with van der Waals surface area (Å²) in [4.78, 5) is 24.1. The zero-order chi connectivity index (χ0) is 16.3. The van der Waals surface area contributed by atoms with Crippen LogP contribution >= 0.6 is 0 Å². The molecule has 22 heavy (non-hydrogen) atoms. The van der Waals surface area contributed by atoms with E-state index in [-0.39, 0.29) is 18.0 Å². The van der Waals surface area contributed by atoms with Crippen molar-refractivity contribution in [2.45, 2.75) is 26.8 Å². The van der Waals surface area contributed by atoms with Crippen LogP contribution in [0.15, 0.2) is 28.8 Å². The number of non-ortho nitro benzene ring substituents is 1. The van der Waals surface area contributed by atoms with E-state index in [9.17, 15) is 14.9 Å². The maximum atomic E-state index is 12.3. The summed E-state index contributed by atoms with van der Waals surface area (Å²) >= 11 is 0. The van der Waals surface area contributed by atoms with Crippen LogP contribution in [-0.4, -0.2) is 27.9 Å². The molecule has 116 valence electrons. The van der Waals surface area contributed by atoms with E-state index in [1.165, 1.54) is 17.0 Å². The van der Waals surface area contributed by atoms with Crippen molar-refractivity contribution >= 4 is 11.6 Å². The van der Waals surface area contributed by atoms with Crippen molar-refractivity contribution in [3.05, 3.63) is 57.0 Å². The van der Waals surface area contributed by atoms with Gasteiger partial charge in [0.25, 0.3) is 5.69 Å². The monoisotopic (exact) mass is 303 g/mol. The Kier molecular flexibility index (Phi) is 4.55. The minimum atomic E-state index is -0.449. The highest BCUT2D eigenvalue weighted by Crippen LogP contribution is 2.16. The van der Waals surface area contributed by atoms with Crippen molar-refractivity contribution in [1.29, 1.82) is 0 Å². The number of carbonyl (C=O) groups excluding carboxylic acids is 1. The molecule has 0 fully saturated rings. The van der Waals surface area contributed by atoms with E-state index >= 15 is 0 Å². The quantitative estimate of drug-likeness (QED) is 0.625. The molecule has 0 aliphatic heterocycles. The van der Waals surface area contributed by atoms with Gasteiger partial charge in [-0.05, 0) is 19.4 Å². The fraction of sp³-hybridized carbons (Fsp3) is 0.333. The third-order valence-corrected chi connectivity index (χ3v) is 3.48. The van der Waals surface area contributed by atoms with Crippen LogP contribution in [0.1, 0.15) is 22.6 Å². The molecular formula is C15H17N3O4. The highest BCUT2D eigenvalue weighted by atomic mass is 16.6. The van der Waals surface area contributed by atoms with Crippen molar-refractivity contribution in [2.24, 2.45) is 0 Å². The lowest BCUT2D eigenvalue weighted by atomic mass is 10.1. The van der Waals surface area contributed by atoms with Crippen LogP contribution in [0.3, 0.4) is 0 Å². The molecule has 1 aromatic carbocycles. The second-order valence-electron chi connectivity index (χ2n) is 5.16. The predicted octanol–water partition coefficient (Wildman–Crippen LogP) is 2.40. The fourth-order valence-electron chi connectivity index (χ4n) is 2.17. The average molecular weight is 303 g/mol. The number of hydrogen-bond donors (Lipinski definition) is 0. The van der Waals surface area contributed by atoms with Crippen LogP contribution in [-0.2, 0) is 17.8 Å². The van der Waals surface area contributed by atoms with Gasteiger partial charge in [-0.15, -0.1) is 0 Å². The van der Waals surface area contributed by atoms with Crippen molar-refractivity contribution in [3.8, 4) is 0 Å². The number of aryl methyl sites for hydroxylation is 2. The molecule has 7 nitrogen and oxygen atoms in total. The minimum absolute atomic E-state index is 0.0177. The number of likely N-dealkylation sites (N-methyl/N-ethyl adjacent to an activating group) is 1. The third kappa shape index (κ3) is 3.49. The SMILES string of the molecule is Cc1noc(C)c1CC(=O)N(C)Cc1cccc([N+](=O)[O-])c1. The number of aromatic nitrogens is 1. The first-order valence-corrected chi connectivity index (χ1v) is 6.77. The molecule has 2 rings (SSSR count). The summed E-state index contributed by atoms with van der Waals surface area (Å²) < 4.78 is 5.04. The molecule has 0 saturated heterocycles. The Morgan fingerprint density at radius 1 is 1.41 bits per heavy atom. The van der Waals surface area contributed by atoms with Gasteiger partial charge in [0.2, 0.25) is 5.91 Å². The number of amides is 1. The molecule has 0 bridgehead atoms. The normalized spacial score (nSPS) is 10.5. The first kappa shape index (κ1) is 15.7. The smallest absolute Gasteiger partial charge is 0.269 e. The Balaban J connectivity index is 2.05. The summed E-state index contributed by atoms with van der Waals surface area (Å²) in [7, 11) is 1.67. The molecule has 7 heteroatoms. The average Bonchev–Trinajstić information content (AvgIpc) is 2.79. The number of benzene rings is 1. The zero-order valence-electron chi connectivity index (χ0n) is 12.7. The Morgan fingerprint density at radius 3 is 2.73 bits per heavy atom. The fourth-order valence-corrected chi connectivity index (χ4v) is 2.17. The van der Waals surface area contributed by atoms with Crippen LogP contribution in [0.2, 0.25) is 0 Å². The molecule has 0 unspecified atom stereocenters. The third-order valence-electron chi connectivity index (χ3n) is 3.48. The first-order valence-electron chi connectivity index (χ1n) is 6.77. The second kappa shape index (κ2) is 6.38. The number of nitro groups is 1. The van der Waals surface area contributed by atoms with Gasteiger partial charge in [0.1, 0.15) is 5.76 Å². The highest BCUT2D eigenvalue weighted by Gasteiger charge is 2.17. The molecule has 1 heterocycles. The summed E-state index contributed by atoms with van der Waals surface area (Å²) in [6, 6.07) is 6.27. The number of rotatable bonds is 5. The predicted molar refractivity (Wildman–Crippen MR) is 79.3 cm³/mol. The summed E-state index contributed by atoms with van der Waals surface area (Å²) in [5, 5.41) is 14.6. The lowest BCUT2D eigenvalue weighted by Gasteiger charge is -2.17. The number of carbonyl (C=O) groups is 1. The molecule has 1 amide bonds. The summed E-state index contributed by atoms with van der Waals surface area (Å²) in [5.41, 5.74) is 2.22. The zero-order valence-corrected chi connectivity index (χ0v) is 12.7. The molecular weight excluding hydrogens is 286 g/mol.